The largest absolute Gasteiger partial charge is 0.481 e. The molecule has 1 aromatic heterocycles. The van der Waals surface area contributed by atoms with Gasteiger partial charge in [-0.25, -0.2) is 9.89 Å². The fourth-order valence-electron chi connectivity index (χ4n) is 1.31. The topological polar surface area (TPSA) is 131 Å². The quantitative estimate of drug-likeness (QED) is 0.428. The van der Waals surface area contributed by atoms with Crippen LogP contribution in [0.25, 0.3) is 0 Å². The first kappa shape index (κ1) is 14.3. The van der Waals surface area contributed by atoms with Crippen molar-refractivity contribution in [3.8, 4) is 0 Å². The molecule has 1 amide bonds. The SMILES string of the molecule is NC(=O)CCCCn1c(SCC(=O)O)n[nH]c1=O. The Kier molecular flexibility index (Phi) is 5.43. The van der Waals surface area contributed by atoms with E-state index in [4.69, 9.17) is 10.8 Å². The Labute approximate surface area is 107 Å². The Morgan fingerprint density at radius 2 is 2.17 bits per heavy atom. The molecule has 0 aliphatic rings. The van der Waals surface area contributed by atoms with Crippen LogP contribution in [-0.4, -0.2) is 37.5 Å². The number of amides is 1. The summed E-state index contributed by atoms with van der Waals surface area (Å²) >= 11 is 0.970. The number of rotatable bonds is 8. The predicted octanol–water partition coefficient (Wildman–Crippen LogP) is -0.596. The van der Waals surface area contributed by atoms with Crippen molar-refractivity contribution in [2.24, 2.45) is 5.73 Å². The van der Waals surface area contributed by atoms with Crippen LogP contribution in [0.4, 0.5) is 0 Å². The first-order chi connectivity index (χ1) is 8.50. The first-order valence-electron chi connectivity index (χ1n) is 5.29. The number of aromatic amines is 1. The molecular formula is C9H14N4O4S. The van der Waals surface area contributed by atoms with Gasteiger partial charge in [-0.2, -0.15) is 0 Å². The number of carboxylic acid groups (broad SMARTS) is 1. The molecule has 1 rings (SSSR count). The van der Waals surface area contributed by atoms with Gasteiger partial charge in [0.2, 0.25) is 5.91 Å². The fourth-order valence-corrected chi connectivity index (χ4v) is 2.00. The number of nitrogens with zero attached hydrogens (tertiary/aromatic N) is 2. The summed E-state index contributed by atoms with van der Waals surface area (Å²) in [5.74, 6) is -1.52. The molecule has 0 saturated carbocycles. The van der Waals surface area contributed by atoms with Crippen LogP contribution < -0.4 is 11.4 Å². The maximum absolute atomic E-state index is 11.4. The summed E-state index contributed by atoms with van der Waals surface area (Å²) in [4.78, 5) is 32.4. The van der Waals surface area contributed by atoms with E-state index in [-0.39, 0.29) is 23.8 Å². The minimum atomic E-state index is -0.976. The molecular weight excluding hydrogens is 260 g/mol. The van der Waals surface area contributed by atoms with Crippen molar-refractivity contribution in [2.75, 3.05) is 5.75 Å². The summed E-state index contributed by atoms with van der Waals surface area (Å²) in [5, 5.41) is 14.9. The van der Waals surface area contributed by atoms with E-state index in [1.807, 2.05) is 0 Å². The molecule has 0 spiro atoms. The average Bonchev–Trinajstić information content (AvgIpc) is 2.63. The van der Waals surface area contributed by atoms with Crippen LogP contribution in [0.3, 0.4) is 0 Å². The number of unbranched alkanes of at least 4 members (excludes halogenated alkanes) is 1. The van der Waals surface area contributed by atoms with Gasteiger partial charge in [0.1, 0.15) is 0 Å². The molecule has 0 aliphatic heterocycles. The van der Waals surface area contributed by atoms with Gasteiger partial charge in [0.05, 0.1) is 5.75 Å². The summed E-state index contributed by atoms with van der Waals surface area (Å²) in [6.45, 7) is 0.380. The van der Waals surface area contributed by atoms with Crippen LogP contribution in [0.2, 0.25) is 0 Å². The number of hydrogen-bond acceptors (Lipinski definition) is 5. The van der Waals surface area contributed by atoms with Crippen LogP contribution in [-0.2, 0) is 16.1 Å². The predicted molar refractivity (Wildman–Crippen MR) is 64.3 cm³/mol. The number of primary amides is 1. The number of carboxylic acids is 1. The third-order valence-corrected chi connectivity index (χ3v) is 3.06. The van der Waals surface area contributed by atoms with Crippen molar-refractivity contribution >= 4 is 23.6 Å². The van der Waals surface area contributed by atoms with E-state index in [9.17, 15) is 14.4 Å². The van der Waals surface area contributed by atoms with Crippen molar-refractivity contribution in [1.29, 1.82) is 0 Å². The highest BCUT2D eigenvalue weighted by Gasteiger charge is 2.10. The second-order valence-corrected chi connectivity index (χ2v) is 4.51. The van der Waals surface area contributed by atoms with Crippen LogP contribution in [0.1, 0.15) is 19.3 Å². The van der Waals surface area contributed by atoms with E-state index < -0.39 is 5.97 Å². The third-order valence-electron chi connectivity index (χ3n) is 2.10. The van der Waals surface area contributed by atoms with Crippen LogP contribution >= 0.6 is 11.8 Å². The zero-order chi connectivity index (χ0) is 13.5. The van der Waals surface area contributed by atoms with Crippen LogP contribution in [0.5, 0.6) is 0 Å². The minimum absolute atomic E-state index is 0.161. The molecule has 0 bridgehead atoms. The molecule has 0 saturated heterocycles. The lowest BCUT2D eigenvalue weighted by Gasteiger charge is -2.03. The monoisotopic (exact) mass is 274 g/mol. The zero-order valence-corrected chi connectivity index (χ0v) is 10.4. The number of carbonyl (C=O) groups excluding carboxylic acids is 1. The summed E-state index contributed by atoms with van der Waals surface area (Å²) in [7, 11) is 0. The number of aromatic nitrogens is 3. The van der Waals surface area contributed by atoms with E-state index in [1.165, 1.54) is 4.57 Å². The van der Waals surface area contributed by atoms with Crippen molar-refractivity contribution in [2.45, 2.75) is 31.0 Å². The molecule has 0 radical (unpaired) electrons. The van der Waals surface area contributed by atoms with Gasteiger partial charge in [-0.05, 0) is 12.8 Å². The minimum Gasteiger partial charge on any atom is -0.481 e. The molecule has 0 fully saturated rings. The van der Waals surface area contributed by atoms with Crippen LogP contribution in [0, 0.1) is 0 Å². The molecule has 4 N–H and O–H groups in total. The summed E-state index contributed by atoms with van der Waals surface area (Å²) < 4.78 is 1.36. The average molecular weight is 274 g/mol. The molecule has 8 nitrogen and oxygen atoms in total. The Hall–Kier alpha value is -1.77. The van der Waals surface area contributed by atoms with Gasteiger partial charge in [-0.3, -0.25) is 14.2 Å². The molecule has 18 heavy (non-hydrogen) atoms. The second-order valence-electron chi connectivity index (χ2n) is 3.57. The molecule has 0 unspecified atom stereocenters. The molecule has 9 heteroatoms. The third kappa shape index (κ3) is 4.62. The van der Waals surface area contributed by atoms with E-state index in [2.05, 4.69) is 10.2 Å². The van der Waals surface area contributed by atoms with Gasteiger partial charge in [-0.1, -0.05) is 11.8 Å². The summed E-state index contributed by atoms with van der Waals surface area (Å²) in [5.41, 5.74) is 4.61. The molecule has 0 aliphatic carbocycles. The zero-order valence-electron chi connectivity index (χ0n) is 9.59. The highest BCUT2D eigenvalue weighted by atomic mass is 32.2. The lowest BCUT2D eigenvalue weighted by Crippen LogP contribution is -2.18. The number of carbonyl (C=O) groups is 2. The van der Waals surface area contributed by atoms with Crippen molar-refractivity contribution < 1.29 is 14.7 Å². The highest BCUT2D eigenvalue weighted by molar-refractivity contribution is 7.99. The van der Waals surface area contributed by atoms with Gasteiger partial charge in [0.15, 0.2) is 5.16 Å². The van der Waals surface area contributed by atoms with Gasteiger partial charge in [0, 0.05) is 13.0 Å². The molecule has 1 heterocycles. The van der Waals surface area contributed by atoms with Crippen LogP contribution in [0.15, 0.2) is 9.95 Å². The van der Waals surface area contributed by atoms with Gasteiger partial charge in [-0.15, -0.1) is 5.10 Å². The molecule has 1 aromatic rings. The Morgan fingerprint density at radius 1 is 1.44 bits per heavy atom. The van der Waals surface area contributed by atoms with E-state index in [1.54, 1.807) is 0 Å². The highest BCUT2D eigenvalue weighted by Crippen LogP contribution is 2.13. The molecule has 0 atom stereocenters. The number of aliphatic carboxylic acids is 1. The standard InChI is InChI=1S/C9H14N4O4S/c10-6(14)3-1-2-4-13-8(17)11-12-9(13)18-5-7(15)16/h1-5H2,(H2,10,14)(H,11,17)(H,15,16). The number of thioether (sulfide) groups is 1. The molecule has 100 valence electrons. The van der Waals surface area contributed by atoms with Gasteiger partial charge < -0.3 is 10.8 Å². The summed E-state index contributed by atoms with van der Waals surface area (Å²) in [6.07, 6.45) is 1.45. The maximum atomic E-state index is 11.4. The normalized spacial score (nSPS) is 10.4. The Bertz CT molecular complexity index is 481. The Morgan fingerprint density at radius 3 is 2.78 bits per heavy atom. The van der Waals surface area contributed by atoms with Gasteiger partial charge >= 0.3 is 11.7 Å². The number of nitrogens with one attached hydrogen (secondary N) is 1. The maximum Gasteiger partial charge on any atom is 0.343 e. The number of nitrogens with two attached hydrogens (primary N) is 1. The summed E-state index contributed by atoms with van der Waals surface area (Å²) in [6, 6.07) is 0. The number of hydrogen-bond donors (Lipinski definition) is 3. The van der Waals surface area contributed by atoms with E-state index in [0.717, 1.165) is 11.8 Å². The number of H-pyrrole nitrogens is 1. The van der Waals surface area contributed by atoms with Crippen molar-refractivity contribution in [3.63, 3.8) is 0 Å². The van der Waals surface area contributed by atoms with E-state index in [0.29, 0.717) is 24.5 Å². The Balaban J connectivity index is 2.52. The fraction of sp³-hybridized carbons (Fsp3) is 0.556. The van der Waals surface area contributed by atoms with Gasteiger partial charge in [0.25, 0.3) is 0 Å². The lowest BCUT2D eigenvalue weighted by molar-refractivity contribution is -0.133. The second kappa shape index (κ2) is 6.84. The van der Waals surface area contributed by atoms with Crippen molar-refractivity contribution in [3.05, 3.63) is 10.5 Å². The van der Waals surface area contributed by atoms with E-state index >= 15 is 0 Å². The smallest absolute Gasteiger partial charge is 0.343 e. The molecule has 0 aromatic carbocycles. The lowest BCUT2D eigenvalue weighted by atomic mass is 10.2. The van der Waals surface area contributed by atoms with Crippen molar-refractivity contribution in [1.82, 2.24) is 14.8 Å². The first-order valence-corrected chi connectivity index (χ1v) is 6.27.